The van der Waals surface area contributed by atoms with Gasteiger partial charge in [-0.3, -0.25) is 24.5 Å². The fourth-order valence-electron chi connectivity index (χ4n) is 4.07. The predicted octanol–water partition coefficient (Wildman–Crippen LogP) is 0.844. The van der Waals surface area contributed by atoms with Crippen LogP contribution in [0, 0.1) is 11.8 Å². The number of hydrogen-bond acceptors (Lipinski definition) is 6. The van der Waals surface area contributed by atoms with Crippen molar-refractivity contribution >= 4 is 23.6 Å². The second-order valence-corrected chi connectivity index (χ2v) is 7.89. The lowest BCUT2D eigenvalue weighted by Gasteiger charge is -2.29. The maximum absolute atomic E-state index is 12.7. The minimum Gasteiger partial charge on any atom is -0.454 e. The first kappa shape index (κ1) is 20.6. The Hall–Kier alpha value is -4.32. The van der Waals surface area contributed by atoms with Crippen molar-refractivity contribution in [2.75, 3.05) is 6.79 Å². The number of nitrogens with zero attached hydrogens (tertiary/aromatic N) is 1. The largest absolute Gasteiger partial charge is 0.454 e. The van der Waals surface area contributed by atoms with E-state index in [-0.39, 0.29) is 38.1 Å². The van der Waals surface area contributed by atoms with Crippen LogP contribution in [0.3, 0.4) is 0 Å². The Morgan fingerprint density at radius 3 is 2.82 bits per heavy atom. The molecule has 0 aliphatic carbocycles. The zero-order valence-corrected chi connectivity index (χ0v) is 17.5. The van der Waals surface area contributed by atoms with Crippen molar-refractivity contribution in [3.63, 3.8) is 0 Å². The van der Waals surface area contributed by atoms with Crippen LogP contribution in [0.5, 0.6) is 11.5 Å². The van der Waals surface area contributed by atoms with E-state index in [0.29, 0.717) is 29.0 Å². The second kappa shape index (κ2) is 8.31. The number of rotatable bonds is 3. The number of benzene rings is 2. The van der Waals surface area contributed by atoms with Crippen LogP contribution in [-0.4, -0.2) is 41.4 Å². The van der Waals surface area contributed by atoms with Crippen LogP contribution >= 0.6 is 0 Å². The molecule has 0 spiro atoms. The number of piperidine rings is 1. The van der Waals surface area contributed by atoms with Crippen molar-refractivity contribution < 1.29 is 28.7 Å². The third kappa shape index (κ3) is 4.11. The van der Waals surface area contributed by atoms with Crippen LogP contribution < -0.4 is 20.1 Å². The number of hydrogen-bond donors (Lipinski definition) is 2. The van der Waals surface area contributed by atoms with E-state index in [9.17, 15) is 19.2 Å². The molecule has 3 aliphatic rings. The highest BCUT2D eigenvalue weighted by Gasteiger charge is 2.39. The molecule has 0 saturated carbocycles. The summed E-state index contributed by atoms with van der Waals surface area (Å²) < 4.78 is 10.5. The van der Waals surface area contributed by atoms with Crippen molar-refractivity contribution in [1.82, 2.24) is 15.5 Å². The first-order valence-electron chi connectivity index (χ1n) is 10.4. The summed E-state index contributed by atoms with van der Waals surface area (Å²) in [5.41, 5.74) is 2.75. The fourth-order valence-corrected chi connectivity index (χ4v) is 4.07. The standard InChI is InChI=1S/C24H19N3O6/c28-21(7-3-14-2-6-19-20(10-14)33-13-32-19)25-11-15-1-4-17-16(9-15)12-27(24(17)31)18-5-8-22(29)26-23(18)30/h1-2,4,6,9-10,18H,5,8,11-13H2,(H,25,28)(H,26,29,30). The van der Waals surface area contributed by atoms with E-state index in [0.717, 1.165) is 11.1 Å². The maximum atomic E-state index is 12.7. The lowest BCUT2D eigenvalue weighted by Crippen LogP contribution is -2.52. The summed E-state index contributed by atoms with van der Waals surface area (Å²) in [6, 6.07) is 9.85. The number of carbonyl (C=O) groups excluding carboxylic acids is 4. The van der Waals surface area contributed by atoms with Gasteiger partial charge in [-0.2, -0.15) is 0 Å². The molecule has 166 valence electrons. The summed E-state index contributed by atoms with van der Waals surface area (Å²) in [5.74, 6) is 5.16. The van der Waals surface area contributed by atoms with Gasteiger partial charge >= 0.3 is 0 Å². The van der Waals surface area contributed by atoms with Gasteiger partial charge in [-0.1, -0.05) is 18.1 Å². The molecule has 5 rings (SSSR count). The molecular formula is C24H19N3O6. The molecule has 2 aromatic carbocycles. The molecule has 1 unspecified atom stereocenters. The van der Waals surface area contributed by atoms with Gasteiger partial charge in [-0.15, -0.1) is 0 Å². The van der Waals surface area contributed by atoms with Crippen LogP contribution in [0.2, 0.25) is 0 Å². The summed E-state index contributed by atoms with van der Waals surface area (Å²) in [7, 11) is 0. The lowest BCUT2D eigenvalue weighted by molar-refractivity contribution is -0.137. The Morgan fingerprint density at radius 2 is 1.97 bits per heavy atom. The molecule has 1 fully saturated rings. The number of fused-ring (bicyclic) bond motifs is 2. The highest BCUT2D eigenvalue weighted by molar-refractivity contribution is 6.05. The minimum atomic E-state index is -0.655. The fraction of sp³-hybridized carbons (Fsp3) is 0.250. The van der Waals surface area contributed by atoms with E-state index in [1.165, 1.54) is 4.90 Å². The molecule has 9 nitrogen and oxygen atoms in total. The van der Waals surface area contributed by atoms with Gasteiger partial charge in [0.1, 0.15) is 6.04 Å². The zero-order chi connectivity index (χ0) is 22.9. The number of ether oxygens (including phenoxy) is 2. The Labute approximate surface area is 189 Å². The molecule has 1 atom stereocenters. The van der Waals surface area contributed by atoms with Crippen LogP contribution in [0.1, 0.15) is 39.9 Å². The molecule has 3 aliphatic heterocycles. The lowest BCUT2D eigenvalue weighted by atomic mass is 10.0. The van der Waals surface area contributed by atoms with Crippen molar-refractivity contribution in [3.8, 4) is 23.3 Å². The van der Waals surface area contributed by atoms with Crippen LogP contribution in [0.15, 0.2) is 36.4 Å². The Bertz CT molecular complexity index is 1260. The number of amides is 4. The van der Waals surface area contributed by atoms with Crippen LogP contribution in [0.25, 0.3) is 0 Å². The molecule has 3 heterocycles. The van der Waals surface area contributed by atoms with Gasteiger partial charge in [-0.25, -0.2) is 0 Å². The monoisotopic (exact) mass is 445 g/mol. The summed E-state index contributed by atoms with van der Waals surface area (Å²) in [6.45, 7) is 0.699. The molecule has 0 aromatic heterocycles. The third-order valence-electron chi connectivity index (χ3n) is 5.73. The van der Waals surface area contributed by atoms with Gasteiger partial charge in [0.15, 0.2) is 11.5 Å². The molecule has 0 radical (unpaired) electrons. The van der Waals surface area contributed by atoms with E-state index >= 15 is 0 Å². The maximum Gasteiger partial charge on any atom is 0.296 e. The topological polar surface area (TPSA) is 114 Å². The van der Waals surface area contributed by atoms with Crippen molar-refractivity contribution in [2.24, 2.45) is 0 Å². The summed E-state index contributed by atoms with van der Waals surface area (Å²) in [6.07, 6.45) is 0.524. The van der Waals surface area contributed by atoms with Crippen molar-refractivity contribution in [3.05, 3.63) is 58.7 Å². The van der Waals surface area contributed by atoms with Gasteiger partial charge in [0, 0.05) is 36.6 Å². The smallest absolute Gasteiger partial charge is 0.296 e. The summed E-state index contributed by atoms with van der Waals surface area (Å²) in [5, 5.41) is 5.03. The average molecular weight is 445 g/mol. The Morgan fingerprint density at radius 1 is 1.12 bits per heavy atom. The second-order valence-electron chi connectivity index (χ2n) is 7.89. The molecule has 33 heavy (non-hydrogen) atoms. The third-order valence-corrected chi connectivity index (χ3v) is 5.73. The average Bonchev–Trinajstić information content (AvgIpc) is 3.40. The Balaban J connectivity index is 1.21. The van der Waals surface area contributed by atoms with Crippen molar-refractivity contribution in [1.29, 1.82) is 0 Å². The SMILES string of the molecule is O=C(C#Cc1ccc2c(c1)OCO2)NCc1ccc2c(c1)CN(C1CCC(=O)NC1=O)C2=O. The highest BCUT2D eigenvalue weighted by atomic mass is 16.7. The minimum absolute atomic E-state index is 0.171. The first-order valence-corrected chi connectivity index (χ1v) is 10.4. The predicted molar refractivity (Wildman–Crippen MR) is 114 cm³/mol. The molecule has 4 amide bonds. The first-order chi connectivity index (χ1) is 16.0. The van der Waals surface area contributed by atoms with Gasteiger partial charge in [0.2, 0.25) is 18.6 Å². The van der Waals surface area contributed by atoms with E-state index in [2.05, 4.69) is 22.5 Å². The van der Waals surface area contributed by atoms with Crippen molar-refractivity contribution in [2.45, 2.75) is 32.0 Å². The number of carbonyl (C=O) groups is 4. The van der Waals surface area contributed by atoms with Gasteiger partial charge in [0.05, 0.1) is 0 Å². The van der Waals surface area contributed by atoms with Crippen LogP contribution in [0.4, 0.5) is 0 Å². The number of nitrogens with one attached hydrogen (secondary N) is 2. The van der Waals surface area contributed by atoms with Crippen LogP contribution in [-0.2, 0) is 27.5 Å². The molecule has 2 N–H and O–H groups in total. The van der Waals surface area contributed by atoms with Gasteiger partial charge < -0.3 is 19.7 Å². The summed E-state index contributed by atoms with van der Waals surface area (Å²) in [4.78, 5) is 49.9. The van der Waals surface area contributed by atoms with Gasteiger partial charge in [-0.05, 0) is 41.8 Å². The molecule has 0 bridgehead atoms. The normalized spacial score (nSPS) is 18.4. The molecule has 1 saturated heterocycles. The Kier molecular flexibility index (Phi) is 5.18. The summed E-state index contributed by atoms with van der Waals surface area (Å²) >= 11 is 0. The molecule has 9 heteroatoms. The zero-order valence-electron chi connectivity index (χ0n) is 17.5. The molecular weight excluding hydrogens is 426 g/mol. The van der Waals surface area contributed by atoms with E-state index < -0.39 is 17.9 Å². The molecule has 2 aromatic rings. The highest BCUT2D eigenvalue weighted by Crippen LogP contribution is 2.32. The number of imide groups is 1. The van der Waals surface area contributed by atoms with E-state index in [4.69, 9.17) is 9.47 Å². The van der Waals surface area contributed by atoms with Gasteiger partial charge in [0.25, 0.3) is 11.8 Å². The van der Waals surface area contributed by atoms with E-state index in [1.54, 1.807) is 30.3 Å². The van der Waals surface area contributed by atoms with E-state index in [1.807, 2.05) is 6.07 Å². The quantitative estimate of drug-likeness (QED) is 0.535.